The van der Waals surface area contributed by atoms with Crippen molar-refractivity contribution >= 4 is 0 Å². The molecule has 0 aromatic heterocycles. The monoisotopic (exact) mass is 195 g/mol. The average Bonchev–Trinajstić information content (AvgIpc) is 2.15. The van der Waals surface area contributed by atoms with Gasteiger partial charge in [0.15, 0.2) is 0 Å². The van der Waals surface area contributed by atoms with E-state index in [9.17, 15) is 0 Å². The minimum absolute atomic E-state index is 0.240. The second-order valence-corrected chi connectivity index (χ2v) is 4.98. The lowest BCUT2D eigenvalue weighted by molar-refractivity contribution is 0.219. The highest BCUT2D eigenvalue weighted by molar-refractivity contribution is 4.94. The van der Waals surface area contributed by atoms with Crippen molar-refractivity contribution in [3.05, 3.63) is 0 Å². The summed E-state index contributed by atoms with van der Waals surface area (Å²) in [6.45, 7) is 7.07. The Kier molecular flexibility index (Phi) is 3.91. The maximum atomic E-state index is 8.88. The Morgan fingerprint density at radius 1 is 1.57 bits per heavy atom. The Balaban J connectivity index is 2.28. The number of hydrogen-bond acceptors (Lipinski definition) is 3. The van der Waals surface area contributed by atoms with Crippen molar-refractivity contribution in [2.75, 3.05) is 26.7 Å². The first-order valence-corrected chi connectivity index (χ1v) is 5.37. The summed E-state index contributed by atoms with van der Waals surface area (Å²) in [5.41, 5.74) is -0.240. The standard InChI is InChI=1S/C11H21N3/c1-11(2,8-12)9-13-10-5-4-6-14(3)7-10/h10,13H,4-7,9H2,1-3H3. The molecule has 3 heteroatoms. The highest BCUT2D eigenvalue weighted by Crippen LogP contribution is 2.13. The molecule has 0 aromatic carbocycles. The zero-order valence-corrected chi connectivity index (χ0v) is 9.51. The molecule has 1 aliphatic heterocycles. The summed E-state index contributed by atoms with van der Waals surface area (Å²) in [6.07, 6.45) is 2.51. The maximum absolute atomic E-state index is 8.88. The van der Waals surface area contributed by atoms with E-state index >= 15 is 0 Å². The fourth-order valence-electron chi connectivity index (χ4n) is 1.77. The van der Waals surface area contributed by atoms with Crippen molar-refractivity contribution < 1.29 is 0 Å². The molecule has 0 bridgehead atoms. The molecule has 1 atom stereocenters. The largest absolute Gasteiger partial charge is 0.311 e. The molecule has 1 saturated heterocycles. The Bertz CT molecular complexity index is 217. The third-order valence-corrected chi connectivity index (χ3v) is 2.76. The Labute approximate surface area is 87.1 Å². The van der Waals surface area contributed by atoms with E-state index in [0.717, 1.165) is 13.1 Å². The Morgan fingerprint density at radius 2 is 2.29 bits per heavy atom. The molecule has 0 radical (unpaired) electrons. The van der Waals surface area contributed by atoms with E-state index in [-0.39, 0.29) is 5.41 Å². The van der Waals surface area contributed by atoms with Crippen molar-refractivity contribution in [1.82, 2.24) is 10.2 Å². The molecule has 0 aliphatic carbocycles. The lowest BCUT2D eigenvalue weighted by atomic mass is 9.95. The molecule has 0 amide bonds. The summed E-state index contributed by atoms with van der Waals surface area (Å²) in [7, 11) is 2.16. The number of piperidine rings is 1. The molecule has 0 aromatic rings. The molecular weight excluding hydrogens is 174 g/mol. The second-order valence-electron chi connectivity index (χ2n) is 4.98. The number of likely N-dealkylation sites (tertiary alicyclic amines) is 1. The third kappa shape index (κ3) is 3.65. The molecule has 1 unspecified atom stereocenters. The summed E-state index contributed by atoms with van der Waals surface area (Å²) in [6, 6.07) is 2.89. The fraction of sp³-hybridized carbons (Fsp3) is 0.909. The first-order valence-electron chi connectivity index (χ1n) is 5.37. The first-order chi connectivity index (χ1) is 6.53. The molecule has 0 spiro atoms. The van der Waals surface area contributed by atoms with Gasteiger partial charge in [-0.05, 0) is 40.3 Å². The minimum atomic E-state index is -0.240. The van der Waals surface area contributed by atoms with Gasteiger partial charge >= 0.3 is 0 Å². The van der Waals surface area contributed by atoms with Gasteiger partial charge in [0.25, 0.3) is 0 Å². The first kappa shape index (κ1) is 11.5. The summed E-state index contributed by atoms with van der Waals surface area (Å²) in [4.78, 5) is 2.35. The highest BCUT2D eigenvalue weighted by atomic mass is 15.1. The van der Waals surface area contributed by atoms with Gasteiger partial charge in [0, 0.05) is 19.1 Å². The SMILES string of the molecule is CN1CCCC(NCC(C)(C)C#N)C1. The second kappa shape index (κ2) is 4.77. The van der Waals surface area contributed by atoms with E-state index in [0.29, 0.717) is 6.04 Å². The molecule has 14 heavy (non-hydrogen) atoms. The predicted molar refractivity (Wildman–Crippen MR) is 57.9 cm³/mol. The highest BCUT2D eigenvalue weighted by Gasteiger charge is 2.21. The summed E-state index contributed by atoms with van der Waals surface area (Å²) < 4.78 is 0. The van der Waals surface area contributed by atoms with E-state index in [1.165, 1.54) is 19.4 Å². The molecule has 0 saturated carbocycles. The zero-order chi connectivity index (χ0) is 10.6. The molecule has 80 valence electrons. The van der Waals surface area contributed by atoms with E-state index in [4.69, 9.17) is 5.26 Å². The van der Waals surface area contributed by atoms with E-state index in [1.807, 2.05) is 13.8 Å². The predicted octanol–water partition coefficient (Wildman–Crippen LogP) is 1.22. The lowest BCUT2D eigenvalue weighted by Gasteiger charge is -2.31. The molecular formula is C11H21N3. The van der Waals surface area contributed by atoms with Gasteiger partial charge in [0.1, 0.15) is 0 Å². The third-order valence-electron chi connectivity index (χ3n) is 2.76. The smallest absolute Gasteiger partial charge is 0.0697 e. The van der Waals surface area contributed by atoms with E-state index in [1.54, 1.807) is 0 Å². The van der Waals surface area contributed by atoms with Gasteiger partial charge in [0.05, 0.1) is 11.5 Å². The van der Waals surface area contributed by atoms with Crippen LogP contribution >= 0.6 is 0 Å². The number of rotatable bonds is 3. The lowest BCUT2D eigenvalue weighted by Crippen LogP contribution is -2.46. The summed E-state index contributed by atoms with van der Waals surface area (Å²) in [5.74, 6) is 0. The molecule has 1 aliphatic rings. The van der Waals surface area contributed by atoms with Gasteiger partial charge in [-0.1, -0.05) is 0 Å². The number of nitriles is 1. The van der Waals surface area contributed by atoms with Crippen LogP contribution in [0.25, 0.3) is 0 Å². The van der Waals surface area contributed by atoms with Crippen molar-refractivity contribution in [1.29, 1.82) is 5.26 Å². The van der Waals surface area contributed by atoms with Crippen LogP contribution in [-0.4, -0.2) is 37.6 Å². The van der Waals surface area contributed by atoms with Gasteiger partial charge in [-0.2, -0.15) is 5.26 Å². The van der Waals surface area contributed by atoms with Crippen LogP contribution in [0.5, 0.6) is 0 Å². The van der Waals surface area contributed by atoms with Crippen molar-refractivity contribution in [2.45, 2.75) is 32.7 Å². The Morgan fingerprint density at radius 3 is 2.86 bits per heavy atom. The minimum Gasteiger partial charge on any atom is -0.311 e. The van der Waals surface area contributed by atoms with Gasteiger partial charge in [0.2, 0.25) is 0 Å². The van der Waals surface area contributed by atoms with Crippen LogP contribution in [0, 0.1) is 16.7 Å². The van der Waals surface area contributed by atoms with Crippen molar-refractivity contribution in [3.8, 4) is 6.07 Å². The fourth-order valence-corrected chi connectivity index (χ4v) is 1.77. The van der Waals surface area contributed by atoms with Gasteiger partial charge in [-0.25, -0.2) is 0 Å². The summed E-state index contributed by atoms with van der Waals surface area (Å²) in [5, 5.41) is 12.4. The van der Waals surface area contributed by atoms with Crippen molar-refractivity contribution in [2.24, 2.45) is 5.41 Å². The van der Waals surface area contributed by atoms with Crippen LogP contribution in [-0.2, 0) is 0 Å². The topological polar surface area (TPSA) is 39.1 Å². The van der Waals surface area contributed by atoms with Crippen LogP contribution in [0.1, 0.15) is 26.7 Å². The number of likely N-dealkylation sites (N-methyl/N-ethyl adjacent to an activating group) is 1. The Hall–Kier alpha value is -0.590. The molecule has 1 fully saturated rings. The number of hydrogen-bond donors (Lipinski definition) is 1. The van der Waals surface area contributed by atoms with E-state index in [2.05, 4.69) is 23.3 Å². The van der Waals surface area contributed by atoms with Crippen LogP contribution in [0.15, 0.2) is 0 Å². The van der Waals surface area contributed by atoms with Crippen LogP contribution in [0.4, 0.5) is 0 Å². The summed E-state index contributed by atoms with van der Waals surface area (Å²) >= 11 is 0. The molecule has 1 heterocycles. The zero-order valence-electron chi connectivity index (χ0n) is 9.51. The number of nitrogens with zero attached hydrogens (tertiary/aromatic N) is 2. The van der Waals surface area contributed by atoms with Crippen LogP contribution < -0.4 is 5.32 Å². The van der Waals surface area contributed by atoms with Gasteiger partial charge in [-0.15, -0.1) is 0 Å². The van der Waals surface area contributed by atoms with Gasteiger partial charge < -0.3 is 10.2 Å². The number of nitrogens with one attached hydrogen (secondary N) is 1. The quantitative estimate of drug-likeness (QED) is 0.736. The van der Waals surface area contributed by atoms with E-state index < -0.39 is 0 Å². The molecule has 3 nitrogen and oxygen atoms in total. The molecule has 1 rings (SSSR count). The van der Waals surface area contributed by atoms with Crippen molar-refractivity contribution in [3.63, 3.8) is 0 Å². The average molecular weight is 195 g/mol. The molecule has 1 N–H and O–H groups in total. The maximum Gasteiger partial charge on any atom is 0.0697 e. The van der Waals surface area contributed by atoms with Gasteiger partial charge in [-0.3, -0.25) is 0 Å². The normalized spacial score (nSPS) is 24.6. The van der Waals surface area contributed by atoms with Crippen LogP contribution in [0.2, 0.25) is 0 Å². The van der Waals surface area contributed by atoms with Crippen LogP contribution in [0.3, 0.4) is 0 Å².